The number of H-pyrrole nitrogens is 1. The van der Waals surface area contributed by atoms with Gasteiger partial charge in [-0.25, -0.2) is 4.98 Å². The molecule has 1 heterocycles. The summed E-state index contributed by atoms with van der Waals surface area (Å²) >= 11 is 0. The molecule has 0 aliphatic rings. The number of benzene rings is 2. The van der Waals surface area contributed by atoms with Crippen LogP contribution in [0, 0.1) is 5.92 Å². The molecule has 1 aromatic heterocycles. The molecule has 3 rings (SSSR count). The predicted molar refractivity (Wildman–Crippen MR) is 112 cm³/mol. The molecule has 2 aromatic carbocycles. The normalized spacial score (nSPS) is 11.1. The second kappa shape index (κ2) is 8.25. The van der Waals surface area contributed by atoms with Gasteiger partial charge in [-0.2, -0.15) is 0 Å². The first-order valence-corrected chi connectivity index (χ1v) is 9.56. The summed E-state index contributed by atoms with van der Waals surface area (Å²) in [4.78, 5) is 22.7. The van der Waals surface area contributed by atoms with Crippen molar-refractivity contribution in [2.75, 3.05) is 24.3 Å². The summed E-state index contributed by atoms with van der Waals surface area (Å²) in [5.74, 6) is 1.03. The highest BCUT2D eigenvalue weighted by molar-refractivity contribution is 5.99. The van der Waals surface area contributed by atoms with Crippen LogP contribution in [0.25, 0.3) is 11.0 Å². The fourth-order valence-electron chi connectivity index (χ4n) is 3.34. The number of hydrogen-bond acceptors (Lipinski definition) is 3. The maximum atomic E-state index is 12.6. The van der Waals surface area contributed by atoms with Crippen molar-refractivity contribution in [1.29, 1.82) is 0 Å². The first-order chi connectivity index (χ1) is 13.0. The molecule has 0 spiro atoms. The van der Waals surface area contributed by atoms with E-state index in [4.69, 9.17) is 4.98 Å². The number of aromatic amines is 1. The summed E-state index contributed by atoms with van der Waals surface area (Å²) in [5.41, 5.74) is 4.84. The number of anilines is 2. The molecule has 0 aliphatic carbocycles. The van der Waals surface area contributed by atoms with Crippen molar-refractivity contribution in [2.24, 2.45) is 5.92 Å². The lowest BCUT2D eigenvalue weighted by molar-refractivity contribution is -0.120. The number of hydrogen-bond donors (Lipinski definition) is 2. The van der Waals surface area contributed by atoms with Gasteiger partial charge in [0.05, 0.1) is 22.4 Å². The van der Waals surface area contributed by atoms with Gasteiger partial charge in [-0.1, -0.05) is 44.2 Å². The first-order valence-electron chi connectivity index (χ1n) is 9.56. The van der Waals surface area contributed by atoms with E-state index < -0.39 is 0 Å². The molecule has 2 N–H and O–H groups in total. The van der Waals surface area contributed by atoms with E-state index in [0.717, 1.165) is 47.5 Å². The van der Waals surface area contributed by atoms with Crippen LogP contribution in [0.3, 0.4) is 0 Å². The number of imidazole rings is 1. The van der Waals surface area contributed by atoms with Gasteiger partial charge in [0.1, 0.15) is 5.82 Å². The molecule has 5 heteroatoms. The van der Waals surface area contributed by atoms with Crippen molar-refractivity contribution in [3.05, 3.63) is 53.9 Å². The van der Waals surface area contributed by atoms with Gasteiger partial charge in [0.15, 0.2) is 0 Å². The molecule has 1 amide bonds. The molecule has 27 heavy (non-hydrogen) atoms. The second-order valence-corrected chi connectivity index (χ2v) is 7.13. The standard InChI is InChI=1S/C22H28N4O/c1-5-16(6-2)22(27)25-19-13-17-18(14-20(19)26(3)4)24-21(23-17)12-15-10-8-7-9-11-15/h7-11,13-14,16H,5-6,12H2,1-4H3,(H,23,24)(H,25,27). The van der Waals surface area contributed by atoms with Crippen LogP contribution in [-0.4, -0.2) is 30.0 Å². The molecule has 0 bridgehead atoms. The van der Waals surface area contributed by atoms with Gasteiger partial charge in [0, 0.05) is 26.4 Å². The highest BCUT2D eigenvalue weighted by Crippen LogP contribution is 2.30. The molecular weight excluding hydrogens is 336 g/mol. The number of nitrogens with one attached hydrogen (secondary N) is 2. The van der Waals surface area contributed by atoms with E-state index in [1.807, 2.05) is 49.3 Å². The Bertz CT molecular complexity index is 911. The van der Waals surface area contributed by atoms with Gasteiger partial charge in [0.2, 0.25) is 5.91 Å². The molecule has 0 unspecified atom stereocenters. The molecule has 0 atom stereocenters. The van der Waals surface area contributed by atoms with E-state index in [1.165, 1.54) is 5.56 Å². The lowest BCUT2D eigenvalue weighted by atomic mass is 10.0. The summed E-state index contributed by atoms with van der Waals surface area (Å²) in [6, 6.07) is 14.3. The maximum Gasteiger partial charge on any atom is 0.227 e. The van der Waals surface area contributed by atoms with Crippen LogP contribution in [0.4, 0.5) is 11.4 Å². The third-order valence-corrected chi connectivity index (χ3v) is 4.96. The van der Waals surface area contributed by atoms with E-state index in [2.05, 4.69) is 36.3 Å². The summed E-state index contributed by atoms with van der Waals surface area (Å²) < 4.78 is 0. The number of carbonyl (C=O) groups is 1. The quantitative estimate of drug-likeness (QED) is 0.644. The number of nitrogens with zero attached hydrogens (tertiary/aromatic N) is 2. The Morgan fingerprint density at radius 2 is 1.85 bits per heavy atom. The molecule has 0 saturated heterocycles. The highest BCUT2D eigenvalue weighted by atomic mass is 16.1. The Balaban J connectivity index is 1.93. The van der Waals surface area contributed by atoms with Crippen LogP contribution >= 0.6 is 0 Å². The Kier molecular flexibility index (Phi) is 5.79. The third-order valence-electron chi connectivity index (χ3n) is 4.96. The summed E-state index contributed by atoms with van der Waals surface area (Å²) in [5, 5.41) is 3.12. The number of carbonyl (C=O) groups excluding carboxylic acids is 1. The minimum atomic E-state index is 0.0334. The first kappa shape index (κ1) is 19.0. The second-order valence-electron chi connectivity index (χ2n) is 7.13. The topological polar surface area (TPSA) is 61.0 Å². The van der Waals surface area contributed by atoms with Crippen LogP contribution < -0.4 is 10.2 Å². The lowest BCUT2D eigenvalue weighted by Gasteiger charge is -2.20. The molecule has 142 valence electrons. The lowest BCUT2D eigenvalue weighted by Crippen LogP contribution is -2.23. The average molecular weight is 364 g/mol. The number of amides is 1. The van der Waals surface area contributed by atoms with Crippen molar-refractivity contribution in [1.82, 2.24) is 9.97 Å². The predicted octanol–water partition coefficient (Wildman–Crippen LogP) is 4.59. The largest absolute Gasteiger partial charge is 0.376 e. The van der Waals surface area contributed by atoms with Crippen molar-refractivity contribution in [2.45, 2.75) is 33.1 Å². The molecule has 5 nitrogen and oxygen atoms in total. The van der Waals surface area contributed by atoms with Gasteiger partial charge < -0.3 is 15.2 Å². The van der Waals surface area contributed by atoms with Gasteiger partial charge in [-0.05, 0) is 30.5 Å². The minimum absolute atomic E-state index is 0.0334. The van der Waals surface area contributed by atoms with Gasteiger partial charge in [-0.3, -0.25) is 4.79 Å². The van der Waals surface area contributed by atoms with Crippen LogP contribution in [0.1, 0.15) is 38.1 Å². The fourth-order valence-corrected chi connectivity index (χ4v) is 3.34. The Labute approximate surface area is 160 Å². The highest BCUT2D eigenvalue weighted by Gasteiger charge is 2.18. The zero-order valence-corrected chi connectivity index (χ0v) is 16.5. The molecule has 0 aliphatic heterocycles. The van der Waals surface area contributed by atoms with Crippen molar-refractivity contribution in [3.8, 4) is 0 Å². The summed E-state index contributed by atoms with van der Waals surface area (Å²) in [6.45, 7) is 4.10. The zero-order valence-electron chi connectivity index (χ0n) is 16.5. The minimum Gasteiger partial charge on any atom is -0.376 e. The van der Waals surface area contributed by atoms with Crippen LogP contribution in [-0.2, 0) is 11.2 Å². The molecular formula is C22H28N4O. The van der Waals surface area contributed by atoms with Crippen LogP contribution in [0.15, 0.2) is 42.5 Å². The SMILES string of the molecule is CCC(CC)C(=O)Nc1cc2[nH]c(Cc3ccccc3)nc2cc1N(C)C. The van der Waals surface area contributed by atoms with Crippen molar-refractivity contribution in [3.63, 3.8) is 0 Å². The summed E-state index contributed by atoms with van der Waals surface area (Å²) in [6.07, 6.45) is 2.43. The van der Waals surface area contributed by atoms with Crippen molar-refractivity contribution >= 4 is 28.3 Å². The number of aromatic nitrogens is 2. The van der Waals surface area contributed by atoms with E-state index in [-0.39, 0.29) is 11.8 Å². The Morgan fingerprint density at radius 1 is 1.15 bits per heavy atom. The average Bonchev–Trinajstić information content (AvgIpc) is 3.03. The van der Waals surface area contributed by atoms with Crippen LogP contribution in [0.2, 0.25) is 0 Å². The molecule has 3 aromatic rings. The maximum absolute atomic E-state index is 12.6. The Morgan fingerprint density at radius 3 is 2.48 bits per heavy atom. The van der Waals surface area contributed by atoms with Crippen molar-refractivity contribution < 1.29 is 4.79 Å². The van der Waals surface area contributed by atoms with E-state index in [0.29, 0.717) is 0 Å². The number of fused-ring (bicyclic) bond motifs is 1. The smallest absolute Gasteiger partial charge is 0.227 e. The molecule has 0 fully saturated rings. The van der Waals surface area contributed by atoms with Crippen LogP contribution in [0.5, 0.6) is 0 Å². The fraction of sp³-hybridized carbons (Fsp3) is 0.364. The van der Waals surface area contributed by atoms with E-state index >= 15 is 0 Å². The summed E-state index contributed by atoms with van der Waals surface area (Å²) in [7, 11) is 3.96. The zero-order chi connectivity index (χ0) is 19.4. The van der Waals surface area contributed by atoms with Gasteiger partial charge in [0.25, 0.3) is 0 Å². The number of rotatable bonds is 7. The van der Waals surface area contributed by atoms with Gasteiger partial charge in [-0.15, -0.1) is 0 Å². The monoisotopic (exact) mass is 364 g/mol. The molecule has 0 saturated carbocycles. The van der Waals surface area contributed by atoms with E-state index in [9.17, 15) is 4.79 Å². The Hall–Kier alpha value is -2.82. The van der Waals surface area contributed by atoms with E-state index in [1.54, 1.807) is 0 Å². The molecule has 0 radical (unpaired) electrons. The third kappa shape index (κ3) is 4.30. The van der Waals surface area contributed by atoms with Gasteiger partial charge >= 0.3 is 0 Å².